The van der Waals surface area contributed by atoms with Gasteiger partial charge in [0, 0.05) is 26.2 Å². The van der Waals surface area contributed by atoms with Crippen LogP contribution in [0.1, 0.15) is 18.4 Å². The largest absolute Gasteiger partial charge is 0.306 e. The van der Waals surface area contributed by atoms with E-state index in [1.807, 2.05) is 0 Å². The first-order chi connectivity index (χ1) is 10.2. The monoisotopic (exact) mass is 289 g/mol. The van der Waals surface area contributed by atoms with Crippen LogP contribution in [0.5, 0.6) is 0 Å². The maximum atomic E-state index is 2.61. The van der Waals surface area contributed by atoms with Crippen LogP contribution < -0.4 is 0 Å². The zero-order valence-electron chi connectivity index (χ0n) is 13.8. The first-order valence-corrected chi connectivity index (χ1v) is 8.37. The van der Waals surface area contributed by atoms with Crippen LogP contribution in [0.2, 0.25) is 0 Å². The van der Waals surface area contributed by atoms with Crippen LogP contribution in [0.4, 0.5) is 0 Å². The van der Waals surface area contributed by atoms with Crippen LogP contribution >= 0.6 is 0 Å². The molecule has 0 atom stereocenters. The molecule has 1 aliphatic rings. The third-order valence-electron chi connectivity index (χ3n) is 4.46. The van der Waals surface area contributed by atoms with E-state index in [1.54, 1.807) is 0 Å². The molecule has 1 aromatic carbocycles. The van der Waals surface area contributed by atoms with Crippen LogP contribution in [-0.2, 0) is 6.42 Å². The number of hydrogen-bond donors (Lipinski definition) is 0. The molecule has 3 heteroatoms. The Kier molecular flexibility index (Phi) is 7.20. The van der Waals surface area contributed by atoms with Crippen molar-refractivity contribution in [3.05, 3.63) is 35.9 Å². The molecular formula is C18H31N3. The SMILES string of the molecule is CN(CCCc1ccccc1)CCCN1CCN(C)CC1. The van der Waals surface area contributed by atoms with Gasteiger partial charge in [0.15, 0.2) is 0 Å². The fourth-order valence-corrected chi connectivity index (χ4v) is 2.95. The molecule has 1 fully saturated rings. The number of aryl methyl sites for hydroxylation is 1. The standard InChI is InChI=1S/C18H31N3/c1-19(11-6-10-18-8-4-3-5-9-18)12-7-13-21-16-14-20(2)15-17-21/h3-5,8-9H,6-7,10-17H2,1-2H3. The summed E-state index contributed by atoms with van der Waals surface area (Å²) >= 11 is 0. The molecule has 2 rings (SSSR count). The van der Waals surface area contributed by atoms with E-state index in [1.165, 1.54) is 70.6 Å². The van der Waals surface area contributed by atoms with Crippen LogP contribution in [0.25, 0.3) is 0 Å². The molecule has 0 bridgehead atoms. The Morgan fingerprint density at radius 1 is 0.952 bits per heavy atom. The summed E-state index contributed by atoms with van der Waals surface area (Å²) < 4.78 is 0. The number of likely N-dealkylation sites (N-methyl/N-ethyl adjacent to an activating group) is 1. The summed E-state index contributed by atoms with van der Waals surface area (Å²) in [6.45, 7) is 8.64. The van der Waals surface area contributed by atoms with E-state index < -0.39 is 0 Å². The van der Waals surface area contributed by atoms with Crippen molar-refractivity contribution in [1.29, 1.82) is 0 Å². The van der Waals surface area contributed by atoms with Gasteiger partial charge in [-0.25, -0.2) is 0 Å². The molecule has 3 nitrogen and oxygen atoms in total. The van der Waals surface area contributed by atoms with Gasteiger partial charge in [-0.3, -0.25) is 0 Å². The molecule has 118 valence electrons. The summed E-state index contributed by atoms with van der Waals surface area (Å²) in [4.78, 5) is 7.52. The first kappa shape index (κ1) is 16.5. The Morgan fingerprint density at radius 3 is 2.33 bits per heavy atom. The highest BCUT2D eigenvalue weighted by atomic mass is 15.2. The van der Waals surface area contributed by atoms with Gasteiger partial charge in [0.2, 0.25) is 0 Å². The predicted molar refractivity (Wildman–Crippen MR) is 90.8 cm³/mol. The topological polar surface area (TPSA) is 9.72 Å². The van der Waals surface area contributed by atoms with Gasteiger partial charge in [0.25, 0.3) is 0 Å². The van der Waals surface area contributed by atoms with E-state index in [0.29, 0.717) is 0 Å². The van der Waals surface area contributed by atoms with Gasteiger partial charge < -0.3 is 14.7 Å². The lowest BCUT2D eigenvalue weighted by molar-refractivity contribution is 0.148. The maximum Gasteiger partial charge on any atom is 0.0110 e. The second kappa shape index (κ2) is 9.19. The normalized spacial score (nSPS) is 17.5. The highest BCUT2D eigenvalue weighted by molar-refractivity contribution is 5.14. The summed E-state index contributed by atoms with van der Waals surface area (Å²) in [7, 11) is 4.48. The van der Waals surface area contributed by atoms with Crippen molar-refractivity contribution in [1.82, 2.24) is 14.7 Å². The van der Waals surface area contributed by atoms with E-state index >= 15 is 0 Å². The van der Waals surface area contributed by atoms with Gasteiger partial charge in [0.05, 0.1) is 0 Å². The summed E-state index contributed by atoms with van der Waals surface area (Å²) in [5.41, 5.74) is 1.46. The van der Waals surface area contributed by atoms with Crippen molar-refractivity contribution in [2.24, 2.45) is 0 Å². The number of benzene rings is 1. The summed E-state index contributed by atoms with van der Waals surface area (Å²) in [5, 5.41) is 0. The summed E-state index contributed by atoms with van der Waals surface area (Å²) in [6.07, 6.45) is 3.75. The lowest BCUT2D eigenvalue weighted by Gasteiger charge is -2.32. The minimum atomic E-state index is 1.20. The van der Waals surface area contributed by atoms with Crippen molar-refractivity contribution >= 4 is 0 Å². The lowest BCUT2D eigenvalue weighted by Crippen LogP contribution is -2.45. The van der Waals surface area contributed by atoms with Gasteiger partial charge in [-0.15, -0.1) is 0 Å². The molecule has 21 heavy (non-hydrogen) atoms. The Morgan fingerprint density at radius 2 is 1.62 bits per heavy atom. The molecule has 1 saturated heterocycles. The summed E-state index contributed by atoms with van der Waals surface area (Å²) in [6, 6.07) is 10.8. The average Bonchev–Trinajstić information content (AvgIpc) is 2.50. The van der Waals surface area contributed by atoms with Gasteiger partial charge >= 0.3 is 0 Å². The number of hydrogen-bond acceptors (Lipinski definition) is 3. The average molecular weight is 289 g/mol. The highest BCUT2D eigenvalue weighted by Crippen LogP contribution is 2.04. The quantitative estimate of drug-likeness (QED) is 0.726. The molecule has 0 N–H and O–H groups in total. The van der Waals surface area contributed by atoms with E-state index in [4.69, 9.17) is 0 Å². The third-order valence-corrected chi connectivity index (χ3v) is 4.46. The molecule has 0 spiro atoms. The van der Waals surface area contributed by atoms with Crippen molar-refractivity contribution in [3.8, 4) is 0 Å². The molecule has 0 unspecified atom stereocenters. The van der Waals surface area contributed by atoms with Crippen molar-refractivity contribution < 1.29 is 0 Å². The molecule has 1 aliphatic heterocycles. The predicted octanol–water partition coefficient (Wildman–Crippen LogP) is 2.19. The Balaban J connectivity index is 1.50. The fourth-order valence-electron chi connectivity index (χ4n) is 2.95. The number of piperazine rings is 1. The second-order valence-electron chi connectivity index (χ2n) is 6.39. The van der Waals surface area contributed by atoms with E-state index in [9.17, 15) is 0 Å². The summed E-state index contributed by atoms with van der Waals surface area (Å²) in [5.74, 6) is 0. The van der Waals surface area contributed by atoms with E-state index in [-0.39, 0.29) is 0 Å². The molecule has 1 heterocycles. The van der Waals surface area contributed by atoms with Gasteiger partial charge in [-0.2, -0.15) is 0 Å². The van der Waals surface area contributed by atoms with E-state index in [0.717, 1.165) is 0 Å². The van der Waals surface area contributed by atoms with Crippen molar-refractivity contribution in [3.63, 3.8) is 0 Å². The molecule has 0 saturated carbocycles. The van der Waals surface area contributed by atoms with Crippen LogP contribution in [0, 0.1) is 0 Å². The van der Waals surface area contributed by atoms with Gasteiger partial charge in [-0.1, -0.05) is 30.3 Å². The first-order valence-electron chi connectivity index (χ1n) is 8.37. The zero-order chi connectivity index (χ0) is 14.9. The Labute approximate surface area is 130 Å². The van der Waals surface area contributed by atoms with Gasteiger partial charge in [0.1, 0.15) is 0 Å². The third kappa shape index (κ3) is 6.60. The minimum absolute atomic E-state index is 1.20. The number of rotatable bonds is 8. The molecule has 0 aromatic heterocycles. The second-order valence-corrected chi connectivity index (χ2v) is 6.39. The smallest absolute Gasteiger partial charge is 0.0110 e. The molecule has 0 aliphatic carbocycles. The molecule has 0 radical (unpaired) electrons. The zero-order valence-corrected chi connectivity index (χ0v) is 13.8. The van der Waals surface area contributed by atoms with Gasteiger partial charge in [-0.05, 0) is 58.6 Å². The Hall–Kier alpha value is -0.900. The Bertz CT molecular complexity index is 371. The van der Waals surface area contributed by atoms with Crippen molar-refractivity contribution in [2.45, 2.75) is 19.3 Å². The highest BCUT2D eigenvalue weighted by Gasteiger charge is 2.12. The van der Waals surface area contributed by atoms with E-state index in [2.05, 4.69) is 59.1 Å². The van der Waals surface area contributed by atoms with Crippen molar-refractivity contribution in [2.75, 3.05) is 59.9 Å². The van der Waals surface area contributed by atoms with Crippen LogP contribution in [0.3, 0.4) is 0 Å². The molecule has 0 amide bonds. The fraction of sp³-hybridized carbons (Fsp3) is 0.667. The number of nitrogens with zero attached hydrogens (tertiary/aromatic N) is 3. The lowest BCUT2D eigenvalue weighted by atomic mass is 10.1. The van der Waals surface area contributed by atoms with Crippen LogP contribution in [-0.4, -0.2) is 74.6 Å². The molecule has 1 aromatic rings. The molecular weight excluding hydrogens is 258 g/mol. The van der Waals surface area contributed by atoms with Crippen LogP contribution in [0.15, 0.2) is 30.3 Å². The minimum Gasteiger partial charge on any atom is -0.306 e. The maximum absolute atomic E-state index is 2.61.